The fourth-order valence-corrected chi connectivity index (χ4v) is 4.07. The Morgan fingerprint density at radius 3 is 2.23 bits per heavy atom. The van der Waals surface area contributed by atoms with Crippen LogP contribution in [0.25, 0.3) is 0 Å². The molecular formula is C24H27ClN4O5S. The van der Waals surface area contributed by atoms with Crippen molar-refractivity contribution >= 4 is 39.9 Å². The van der Waals surface area contributed by atoms with Crippen LogP contribution in [0.1, 0.15) is 46.5 Å². The van der Waals surface area contributed by atoms with Crippen LogP contribution in [0.3, 0.4) is 0 Å². The van der Waals surface area contributed by atoms with E-state index in [1.54, 1.807) is 36.4 Å². The number of nitrogens with one attached hydrogen (secondary N) is 2. The number of ether oxygens (including phenoxy) is 3. The first-order chi connectivity index (χ1) is 17.0. The smallest absolute Gasteiger partial charge is 0.257 e. The van der Waals surface area contributed by atoms with Crippen molar-refractivity contribution in [3.63, 3.8) is 0 Å². The van der Waals surface area contributed by atoms with Crippen molar-refractivity contribution in [2.24, 2.45) is 0 Å². The second kappa shape index (κ2) is 12.9. The molecule has 3 rings (SSSR count). The largest absolute Gasteiger partial charge is 0.490 e. The first-order valence-corrected chi connectivity index (χ1v) is 12.4. The molecule has 2 amide bonds. The third-order valence-corrected chi connectivity index (χ3v) is 5.83. The Balaban J connectivity index is 1.64. The molecule has 1 aromatic heterocycles. The van der Waals surface area contributed by atoms with Crippen LogP contribution in [0.15, 0.2) is 36.4 Å². The number of hydrogen-bond donors (Lipinski definition) is 2. The molecule has 9 nitrogen and oxygen atoms in total. The van der Waals surface area contributed by atoms with Crippen LogP contribution in [0.2, 0.25) is 5.02 Å². The Kier molecular flexibility index (Phi) is 9.68. The van der Waals surface area contributed by atoms with Gasteiger partial charge in [0.05, 0.1) is 30.4 Å². The Morgan fingerprint density at radius 2 is 1.60 bits per heavy atom. The van der Waals surface area contributed by atoms with E-state index >= 15 is 0 Å². The van der Waals surface area contributed by atoms with Crippen molar-refractivity contribution < 1.29 is 23.8 Å². The van der Waals surface area contributed by atoms with E-state index in [-0.39, 0.29) is 11.8 Å². The summed E-state index contributed by atoms with van der Waals surface area (Å²) in [6.45, 7) is 7.15. The Labute approximate surface area is 212 Å². The third kappa shape index (κ3) is 7.06. The lowest BCUT2D eigenvalue weighted by atomic mass is 10.1. The van der Waals surface area contributed by atoms with Crippen LogP contribution in [-0.4, -0.2) is 48.4 Å². The van der Waals surface area contributed by atoms with Gasteiger partial charge in [0.15, 0.2) is 11.5 Å². The molecule has 186 valence electrons. The first-order valence-electron chi connectivity index (χ1n) is 11.2. The van der Waals surface area contributed by atoms with E-state index in [0.717, 1.165) is 0 Å². The molecule has 0 saturated heterocycles. The van der Waals surface area contributed by atoms with Gasteiger partial charge in [-0.3, -0.25) is 14.9 Å². The van der Waals surface area contributed by atoms with Gasteiger partial charge in [0.25, 0.3) is 11.8 Å². The Morgan fingerprint density at radius 1 is 0.943 bits per heavy atom. The molecule has 2 aromatic carbocycles. The van der Waals surface area contributed by atoms with Gasteiger partial charge in [0.2, 0.25) is 10.9 Å². The Hall–Kier alpha value is -3.37. The maximum Gasteiger partial charge on any atom is 0.257 e. The first kappa shape index (κ1) is 26.2. The summed E-state index contributed by atoms with van der Waals surface area (Å²) < 4.78 is 17.0. The molecule has 2 N–H and O–H groups in total. The van der Waals surface area contributed by atoms with E-state index in [1.165, 1.54) is 11.3 Å². The second-order valence-corrected chi connectivity index (χ2v) is 8.51. The number of rotatable bonds is 12. The molecule has 0 bridgehead atoms. The van der Waals surface area contributed by atoms with Crippen molar-refractivity contribution in [3.05, 3.63) is 57.6 Å². The number of anilines is 1. The van der Waals surface area contributed by atoms with Gasteiger partial charge in [-0.1, -0.05) is 35.1 Å². The molecule has 0 aliphatic carbocycles. The number of carbonyl (C=O) groups excluding carboxylic acids is 2. The number of aromatic nitrogens is 2. The summed E-state index contributed by atoms with van der Waals surface area (Å²) in [5.74, 6) is 0.670. The zero-order chi connectivity index (χ0) is 25.2. The average molecular weight is 519 g/mol. The summed E-state index contributed by atoms with van der Waals surface area (Å²) in [4.78, 5) is 25.2. The molecule has 0 saturated carbocycles. The van der Waals surface area contributed by atoms with Gasteiger partial charge < -0.3 is 19.5 Å². The quantitative estimate of drug-likeness (QED) is 0.360. The number of amides is 2. The van der Waals surface area contributed by atoms with Crippen molar-refractivity contribution in [1.82, 2.24) is 15.5 Å². The lowest BCUT2D eigenvalue weighted by Crippen LogP contribution is -2.25. The van der Waals surface area contributed by atoms with Crippen molar-refractivity contribution in [2.75, 3.05) is 31.7 Å². The van der Waals surface area contributed by atoms with E-state index in [4.69, 9.17) is 25.8 Å². The van der Waals surface area contributed by atoms with Gasteiger partial charge in [-0.15, -0.1) is 10.2 Å². The predicted molar refractivity (Wildman–Crippen MR) is 135 cm³/mol. The topological polar surface area (TPSA) is 112 Å². The molecule has 0 atom stereocenters. The molecule has 0 unspecified atom stereocenters. The maximum absolute atomic E-state index is 12.9. The minimum Gasteiger partial charge on any atom is -0.490 e. The van der Waals surface area contributed by atoms with Crippen LogP contribution >= 0.6 is 22.9 Å². The van der Waals surface area contributed by atoms with E-state index in [1.807, 2.05) is 20.8 Å². The molecule has 0 fully saturated rings. The van der Waals surface area contributed by atoms with Crippen LogP contribution in [0, 0.1) is 0 Å². The van der Waals surface area contributed by atoms with Gasteiger partial charge in [-0.05, 0) is 45.0 Å². The van der Waals surface area contributed by atoms with Gasteiger partial charge in [0, 0.05) is 18.5 Å². The van der Waals surface area contributed by atoms with Crippen LogP contribution < -0.4 is 24.8 Å². The lowest BCUT2D eigenvalue weighted by molar-refractivity contribution is 0.0953. The molecule has 35 heavy (non-hydrogen) atoms. The lowest BCUT2D eigenvalue weighted by Gasteiger charge is -2.16. The van der Waals surface area contributed by atoms with Crippen LogP contribution in [0.5, 0.6) is 17.2 Å². The summed E-state index contributed by atoms with van der Waals surface area (Å²) in [7, 11) is 0. The van der Waals surface area contributed by atoms with E-state index in [2.05, 4.69) is 20.8 Å². The zero-order valence-corrected chi connectivity index (χ0v) is 21.3. The normalized spacial score (nSPS) is 10.5. The monoisotopic (exact) mass is 518 g/mol. The molecule has 3 aromatic rings. The Bertz CT molecular complexity index is 1140. The molecular weight excluding hydrogens is 492 g/mol. The number of halogens is 1. The fraction of sp³-hybridized carbons (Fsp3) is 0.333. The van der Waals surface area contributed by atoms with Gasteiger partial charge in [-0.2, -0.15) is 0 Å². The predicted octanol–water partition coefficient (Wildman–Crippen LogP) is 4.61. The standard InChI is InChI=1S/C24H27ClN4O5S/c1-4-32-18-13-15(14-19(33-5-2)21(18)34-6-3)22(30)27-24-29-28-20(35-24)11-12-26-23(31)16-9-7-8-10-17(16)25/h7-10,13-14H,4-6,11-12H2,1-3H3,(H,26,31)(H,27,29,30). The number of hydrogen-bond acceptors (Lipinski definition) is 8. The molecule has 0 spiro atoms. The minimum absolute atomic E-state index is 0.264. The number of carbonyl (C=O) groups is 2. The molecule has 11 heteroatoms. The van der Waals surface area contributed by atoms with Crippen molar-refractivity contribution in [1.29, 1.82) is 0 Å². The summed E-state index contributed by atoms with van der Waals surface area (Å²) >= 11 is 7.28. The van der Waals surface area contributed by atoms with Crippen molar-refractivity contribution in [3.8, 4) is 17.2 Å². The molecule has 0 radical (unpaired) electrons. The molecule has 0 aliphatic rings. The summed E-state index contributed by atoms with van der Waals surface area (Å²) in [5.41, 5.74) is 0.747. The highest BCUT2D eigenvalue weighted by Crippen LogP contribution is 2.39. The minimum atomic E-state index is -0.385. The van der Waals surface area contributed by atoms with Gasteiger partial charge in [0.1, 0.15) is 5.01 Å². The molecule has 1 heterocycles. The average Bonchev–Trinajstić information content (AvgIpc) is 3.28. The second-order valence-electron chi connectivity index (χ2n) is 7.04. The SMILES string of the molecule is CCOc1cc(C(=O)Nc2nnc(CCNC(=O)c3ccccc3Cl)s2)cc(OCC)c1OCC. The van der Waals surface area contributed by atoms with Crippen LogP contribution in [0.4, 0.5) is 5.13 Å². The highest BCUT2D eigenvalue weighted by Gasteiger charge is 2.19. The summed E-state index contributed by atoms with van der Waals surface area (Å²) in [6.07, 6.45) is 0.454. The maximum atomic E-state index is 12.9. The number of benzene rings is 2. The van der Waals surface area contributed by atoms with Gasteiger partial charge >= 0.3 is 0 Å². The zero-order valence-electron chi connectivity index (χ0n) is 19.7. The summed E-state index contributed by atoms with van der Waals surface area (Å²) in [6, 6.07) is 10.1. The summed E-state index contributed by atoms with van der Waals surface area (Å²) in [5, 5.41) is 15.1. The fourth-order valence-electron chi connectivity index (χ4n) is 3.12. The van der Waals surface area contributed by atoms with Crippen molar-refractivity contribution in [2.45, 2.75) is 27.2 Å². The van der Waals surface area contributed by atoms with Crippen LogP contribution in [-0.2, 0) is 6.42 Å². The van der Waals surface area contributed by atoms with E-state index in [9.17, 15) is 9.59 Å². The van der Waals surface area contributed by atoms with E-state index < -0.39 is 0 Å². The van der Waals surface area contributed by atoms with Gasteiger partial charge in [-0.25, -0.2) is 0 Å². The third-order valence-electron chi connectivity index (χ3n) is 4.60. The highest BCUT2D eigenvalue weighted by molar-refractivity contribution is 7.15. The highest BCUT2D eigenvalue weighted by atomic mass is 35.5. The molecule has 0 aliphatic heterocycles. The van der Waals surface area contributed by atoms with E-state index in [0.29, 0.717) is 76.3 Å². The number of nitrogens with zero attached hydrogens (tertiary/aromatic N) is 2.